The zero-order valence-electron chi connectivity index (χ0n) is 11.6. The topological polar surface area (TPSA) is 34.4 Å². The summed E-state index contributed by atoms with van der Waals surface area (Å²) in [5, 5.41) is 3.71. The van der Waals surface area contributed by atoms with Crippen LogP contribution in [0.3, 0.4) is 0 Å². The van der Waals surface area contributed by atoms with Gasteiger partial charge in [0.15, 0.2) is 0 Å². The van der Waals surface area contributed by atoms with Crippen LogP contribution in [0.15, 0.2) is 22.8 Å². The summed E-state index contributed by atoms with van der Waals surface area (Å²) < 4.78 is 11.6. The Balaban J connectivity index is 1.59. The molecule has 0 aliphatic carbocycles. The van der Waals surface area contributed by atoms with E-state index in [1.165, 1.54) is 24.3 Å². The molecule has 2 saturated heterocycles. The Morgan fingerprint density at radius 1 is 1.42 bits per heavy atom. The first-order valence-electron chi connectivity index (χ1n) is 7.29. The van der Waals surface area contributed by atoms with Crippen LogP contribution in [0, 0.1) is 0 Å². The minimum Gasteiger partial charge on any atom is -0.468 e. The highest BCUT2D eigenvalue weighted by Crippen LogP contribution is 2.38. The second-order valence-corrected chi connectivity index (χ2v) is 6.96. The fourth-order valence-corrected chi connectivity index (χ4v) is 4.47. The van der Waals surface area contributed by atoms with Crippen LogP contribution in [0.25, 0.3) is 0 Å². The molecule has 19 heavy (non-hydrogen) atoms. The van der Waals surface area contributed by atoms with Gasteiger partial charge < -0.3 is 14.5 Å². The van der Waals surface area contributed by atoms with Gasteiger partial charge in [-0.05, 0) is 56.2 Å². The highest BCUT2D eigenvalue weighted by atomic mass is 32.2. The molecule has 0 saturated carbocycles. The van der Waals surface area contributed by atoms with Gasteiger partial charge in [0.1, 0.15) is 5.76 Å². The molecule has 3 nitrogen and oxygen atoms in total. The van der Waals surface area contributed by atoms with Crippen LogP contribution >= 0.6 is 11.8 Å². The van der Waals surface area contributed by atoms with Crippen LogP contribution in [-0.4, -0.2) is 29.8 Å². The van der Waals surface area contributed by atoms with Crippen molar-refractivity contribution in [3.05, 3.63) is 24.2 Å². The van der Waals surface area contributed by atoms with Crippen molar-refractivity contribution in [2.45, 2.75) is 50.3 Å². The van der Waals surface area contributed by atoms with Crippen LogP contribution in [0.5, 0.6) is 0 Å². The third-order valence-electron chi connectivity index (χ3n) is 4.35. The van der Waals surface area contributed by atoms with Crippen LogP contribution in [0.1, 0.15) is 44.4 Å². The molecule has 2 atom stereocenters. The maximum absolute atomic E-state index is 6.13. The van der Waals surface area contributed by atoms with E-state index in [-0.39, 0.29) is 11.6 Å². The average molecular weight is 281 g/mol. The lowest BCUT2D eigenvalue weighted by Gasteiger charge is -2.44. The van der Waals surface area contributed by atoms with Crippen molar-refractivity contribution in [1.29, 1.82) is 0 Å². The number of hydrogen-bond acceptors (Lipinski definition) is 4. The lowest BCUT2D eigenvalue weighted by Crippen LogP contribution is -2.49. The van der Waals surface area contributed by atoms with Crippen molar-refractivity contribution >= 4 is 11.8 Å². The first-order chi connectivity index (χ1) is 9.27. The molecule has 0 aromatic carbocycles. The summed E-state index contributed by atoms with van der Waals surface area (Å²) in [7, 11) is 0. The molecule has 0 radical (unpaired) electrons. The molecule has 106 valence electrons. The Morgan fingerprint density at radius 2 is 2.26 bits per heavy atom. The number of thioether (sulfide) groups is 1. The van der Waals surface area contributed by atoms with Crippen molar-refractivity contribution in [2.75, 3.05) is 18.1 Å². The van der Waals surface area contributed by atoms with Gasteiger partial charge in [0.2, 0.25) is 0 Å². The van der Waals surface area contributed by atoms with Gasteiger partial charge in [-0.2, -0.15) is 11.8 Å². The minimum absolute atomic E-state index is 0.157. The number of ether oxygens (including phenoxy) is 1. The summed E-state index contributed by atoms with van der Waals surface area (Å²) in [5.74, 6) is 3.53. The van der Waals surface area contributed by atoms with Gasteiger partial charge in [-0.15, -0.1) is 0 Å². The number of hydrogen-bond donors (Lipinski definition) is 1. The van der Waals surface area contributed by atoms with E-state index in [2.05, 4.69) is 24.0 Å². The number of rotatable bonds is 3. The van der Waals surface area contributed by atoms with E-state index in [1.54, 1.807) is 6.26 Å². The third-order valence-corrected chi connectivity index (χ3v) is 5.34. The predicted octanol–water partition coefficient (Wildman–Crippen LogP) is 3.38. The maximum Gasteiger partial charge on any atom is 0.120 e. The molecule has 4 heteroatoms. The summed E-state index contributed by atoms with van der Waals surface area (Å²) in [4.78, 5) is 0. The zero-order chi connectivity index (χ0) is 13.1. The largest absolute Gasteiger partial charge is 0.468 e. The van der Waals surface area contributed by atoms with Crippen LogP contribution < -0.4 is 5.32 Å². The van der Waals surface area contributed by atoms with Crippen LogP contribution in [0.2, 0.25) is 0 Å². The second kappa shape index (κ2) is 5.90. The van der Waals surface area contributed by atoms with Gasteiger partial charge in [-0.25, -0.2) is 0 Å². The van der Waals surface area contributed by atoms with Gasteiger partial charge in [0.05, 0.1) is 17.9 Å². The van der Waals surface area contributed by atoms with E-state index in [9.17, 15) is 0 Å². The van der Waals surface area contributed by atoms with Crippen molar-refractivity contribution in [2.24, 2.45) is 0 Å². The fraction of sp³-hybridized carbons (Fsp3) is 0.733. The molecule has 0 bridgehead atoms. The monoisotopic (exact) mass is 281 g/mol. The summed E-state index contributed by atoms with van der Waals surface area (Å²) >= 11 is 2.06. The normalized spacial score (nSPS) is 28.4. The molecule has 1 N–H and O–H groups in total. The number of nitrogens with one attached hydrogen (secondary N) is 1. The zero-order valence-corrected chi connectivity index (χ0v) is 12.4. The Bertz CT molecular complexity index is 381. The van der Waals surface area contributed by atoms with E-state index in [1.807, 2.05) is 12.1 Å². The molecule has 2 fully saturated rings. The summed E-state index contributed by atoms with van der Waals surface area (Å²) in [6.07, 6.45) is 6.44. The molecule has 3 heterocycles. The second-order valence-electron chi connectivity index (χ2n) is 5.74. The molecular formula is C15H23NO2S. The van der Waals surface area contributed by atoms with Crippen molar-refractivity contribution in [1.82, 2.24) is 5.32 Å². The smallest absolute Gasteiger partial charge is 0.120 e. The molecule has 1 unspecified atom stereocenters. The lowest BCUT2D eigenvalue weighted by molar-refractivity contribution is -0.0942. The van der Waals surface area contributed by atoms with Crippen LogP contribution in [-0.2, 0) is 4.74 Å². The van der Waals surface area contributed by atoms with Crippen molar-refractivity contribution in [3.63, 3.8) is 0 Å². The van der Waals surface area contributed by atoms with Crippen molar-refractivity contribution < 1.29 is 9.15 Å². The molecule has 2 aliphatic rings. The van der Waals surface area contributed by atoms with Gasteiger partial charge >= 0.3 is 0 Å². The van der Waals surface area contributed by atoms with E-state index in [4.69, 9.17) is 9.15 Å². The van der Waals surface area contributed by atoms with E-state index in [0.717, 1.165) is 25.2 Å². The van der Waals surface area contributed by atoms with Gasteiger partial charge in [-0.1, -0.05) is 0 Å². The lowest BCUT2D eigenvalue weighted by atomic mass is 9.85. The molecule has 2 aliphatic heterocycles. The molecule has 0 amide bonds. The predicted molar refractivity (Wildman–Crippen MR) is 78.5 cm³/mol. The Kier molecular flexibility index (Phi) is 4.20. The molecule has 1 aromatic rings. The third kappa shape index (κ3) is 3.18. The molecule has 3 rings (SSSR count). The molecule has 1 aromatic heterocycles. The highest BCUT2D eigenvalue weighted by Gasteiger charge is 2.39. The molecular weight excluding hydrogens is 258 g/mol. The Hall–Kier alpha value is -0.450. The van der Waals surface area contributed by atoms with Crippen molar-refractivity contribution in [3.8, 4) is 0 Å². The number of furan rings is 1. The summed E-state index contributed by atoms with van der Waals surface area (Å²) in [5.41, 5.74) is 0.157. The van der Waals surface area contributed by atoms with Gasteiger partial charge in [0, 0.05) is 12.6 Å². The summed E-state index contributed by atoms with van der Waals surface area (Å²) in [6.45, 7) is 3.07. The first-order valence-corrected chi connectivity index (χ1v) is 8.44. The van der Waals surface area contributed by atoms with E-state index >= 15 is 0 Å². The Labute approximate surface area is 119 Å². The SMILES string of the molecule is C[C@H](NC1CCOC2(CCSCC2)C1)c1ccco1. The minimum atomic E-state index is 0.157. The highest BCUT2D eigenvalue weighted by molar-refractivity contribution is 7.99. The van der Waals surface area contributed by atoms with Gasteiger partial charge in [-0.3, -0.25) is 0 Å². The van der Waals surface area contributed by atoms with E-state index < -0.39 is 0 Å². The van der Waals surface area contributed by atoms with Gasteiger partial charge in [0.25, 0.3) is 0 Å². The first kappa shape index (κ1) is 13.5. The maximum atomic E-state index is 6.13. The van der Waals surface area contributed by atoms with E-state index in [0.29, 0.717) is 6.04 Å². The van der Waals surface area contributed by atoms with Crippen LogP contribution in [0.4, 0.5) is 0 Å². The average Bonchev–Trinajstić information content (AvgIpc) is 2.93. The standard InChI is InChI=1S/C15H23NO2S/c1-12(14-3-2-7-17-14)16-13-4-8-18-15(11-13)5-9-19-10-6-15/h2-3,7,12-13,16H,4-6,8-11H2,1H3/t12-,13?/m0/s1. The summed E-state index contributed by atoms with van der Waals surface area (Å²) in [6, 6.07) is 4.84. The molecule has 1 spiro atoms. The fourth-order valence-electron chi connectivity index (χ4n) is 3.24. The quantitative estimate of drug-likeness (QED) is 0.921. The Morgan fingerprint density at radius 3 is 3.00 bits per heavy atom.